The predicted molar refractivity (Wildman–Crippen MR) is 151 cm³/mol. The average Bonchev–Trinajstić information content (AvgIpc) is 3.68. The van der Waals surface area contributed by atoms with E-state index in [1.807, 2.05) is 30.4 Å². The van der Waals surface area contributed by atoms with Gasteiger partial charge in [-0.05, 0) is 56.4 Å². The Morgan fingerprint density at radius 1 is 1.07 bits per heavy atom. The molecule has 2 aromatic heterocycles. The monoisotopic (exact) mass is 575 g/mol. The van der Waals surface area contributed by atoms with Crippen LogP contribution in [-0.4, -0.2) is 40.4 Å². The Hall–Kier alpha value is -4.34. The molecule has 0 amide bonds. The summed E-state index contributed by atoms with van der Waals surface area (Å²) in [5.74, 6) is 0.459. The molecular formula is C32H28F3N3O4. The van der Waals surface area contributed by atoms with E-state index in [-0.39, 0.29) is 34.9 Å². The molecule has 3 fully saturated rings. The smallest absolute Gasteiger partial charge is 0.417 e. The molecule has 4 aromatic rings. The average molecular weight is 576 g/mol. The quantitative estimate of drug-likeness (QED) is 0.232. The zero-order valence-corrected chi connectivity index (χ0v) is 22.6. The molecule has 42 heavy (non-hydrogen) atoms. The molecule has 7 rings (SSSR count). The minimum atomic E-state index is -4.50. The first kappa shape index (κ1) is 26.6. The zero-order chi connectivity index (χ0) is 29.0. The molecular weight excluding hydrogens is 547 g/mol. The summed E-state index contributed by atoms with van der Waals surface area (Å²) in [7, 11) is 0. The van der Waals surface area contributed by atoms with Crippen LogP contribution in [0.4, 0.5) is 18.9 Å². The number of halogens is 3. The molecule has 10 heteroatoms. The number of aromatic carboxylic acids is 1. The molecule has 3 heterocycles. The van der Waals surface area contributed by atoms with Crippen LogP contribution in [0.15, 0.2) is 59.1 Å². The van der Waals surface area contributed by atoms with Crippen LogP contribution in [0, 0.1) is 5.92 Å². The van der Waals surface area contributed by atoms with Crippen molar-refractivity contribution in [3.8, 4) is 17.0 Å². The molecule has 1 N–H and O–H groups in total. The van der Waals surface area contributed by atoms with Gasteiger partial charge in [0.15, 0.2) is 5.69 Å². The van der Waals surface area contributed by atoms with Crippen LogP contribution in [0.25, 0.3) is 28.2 Å². The first-order valence-corrected chi connectivity index (χ1v) is 14.2. The summed E-state index contributed by atoms with van der Waals surface area (Å²) in [4.78, 5) is 18.1. The lowest BCUT2D eigenvalue weighted by molar-refractivity contribution is -0.137. The largest absolute Gasteiger partial charge is 0.490 e. The Morgan fingerprint density at radius 3 is 2.55 bits per heavy atom. The summed E-state index contributed by atoms with van der Waals surface area (Å²) < 4.78 is 53.0. The molecule has 216 valence electrons. The molecule has 2 aromatic carbocycles. The summed E-state index contributed by atoms with van der Waals surface area (Å²) >= 11 is 0. The fourth-order valence-corrected chi connectivity index (χ4v) is 5.57. The number of nitrogens with zero attached hydrogens (tertiary/aromatic N) is 3. The molecule has 1 saturated heterocycles. The molecule has 0 spiro atoms. The number of carbonyl (C=O) groups is 1. The van der Waals surface area contributed by atoms with Crippen LogP contribution >= 0.6 is 0 Å². The SMILES string of the molecule is O=C(O)c1cc(OC2CCC2)c2cc(N3CC(/C=C/c4c(-c5ccccc5C(F)(F)F)noc4C4CC4)C3)ccc2n1. The number of hydrogen-bond acceptors (Lipinski definition) is 6. The summed E-state index contributed by atoms with van der Waals surface area (Å²) in [6, 6.07) is 12.7. The van der Waals surface area contributed by atoms with E-state index in [9.17, 15) is 23.1 Å². The minimum Gasteiger partial charge on any atom is -0.490 e. The Labute approximate surface area is 239 Å². The van der Waals surface area contributed by atoms with Gasteiger partial charge in [-0.2, -0.15) is 13.2 Å². The molecule has 2 aliphatic carbocycles. The van der Waals surface area contributed by atoms with Gasteiger partial charge in [0.25, 0.3) is 0 Å². The van der Waals surface area contributed by atoms with Gasteiger partial charge in [-0.1, -0.05) is 35.5 Å². The van der Waals surface area contributed by atoms with Gasteiger partial charge in [0.2, 0.25) is 0 Å². The second-order valence-corrected chi connectivity index (χ2v) is 11.3. The van der Waals surface area contributed by atoms with Gasteiger partial charge in [0, 0.05) is 53.2 Å². The molecule has 0 radical (unpaired) electrons. The second-order valence-electron chi connectivity index (χ2n) is 11.3. The Bertz CT molecular complexity index is 1700. The zero-order valence-electron chi connectivity index (χ0n) is 22.6. The van der Waals surface area contributed by atoms with Crippen molar-refractivity contribution in [1.82, 2.24) is 10.1 Å². The van der Waals surface area contributed by atoms with E-state index in [1.54, 1.807) is 6.07 Å². The van der Waals surface area contributed by atoms with Crippen LogP contribution < -0.4 is 9.64 Å². The number of benzene rings is 2. The third-order valence-electron chi connectivity index (χ3n) is 8.32. The van der Waals surface area contributed by atoms with E-state index in [1.165, 1.54) is 18.2 Å². The van der Waals surface area contributed by atoms with Crippen molar-refractivity contribution >= 4 is 28.6 Å². The third-order valence-corrected chi connectivity index (χ3v) is 8.32. The Balaban J connectivity index is 1.12. The van der Waals surface area contributed by atoms with Crippen molar-refractivity contribution in [1.29, 1.82) is 0 Å². The number of anilines is 1. The number of carboxylic acids is 1. The maximum atomic E-state index is 13.8. The molecule has 3 aliphatic rings. The van der Waals surface area contributed by atoms with Crippen LogP contribution in [-0.2, 0) is 6.18 Å². The van der Waals surface area contributed by atoms with Crippen molar-refractivity contribution in [3.63, 3.8) is 0 Å². The number of carboxylic acid groups (broad SMARTS) is 1. The van der Waals surface area contributed by atoms with Gasteiger partial charge >= 0.3 is 12.1 Å². The molecule has 0 unspecified atom stereocenters. The van der Waals surface area contributed by atoms with Crippen LogP contribution in [0.5, 0.6) is 5.75 Å². The Morgan fingerprint density at radius 2 is 1.86 bits per heavy atom. The van der Waals surface area contributed by atoms with Gasteiger partial charge in [-0.3, -0.25) is 0 Å². The van der Waals surface area contributed by atoms with E-state index in [0.29, 0.717) is 22.6 Å². The van der Waals surface area contributed by atoms with E-state index >= 15 is 0 Å². The van der Waals surface area contributed by atoms with E-state index < -0.39 is 17.7 Å². The highest BCUT2D eigenvalue weighted by atomic mass is 19.4. The van der Waals surface area contributed by atoms with Crippen LogP contribution in [0.1, 0.15) is 65.4 Å². The van der Waals surface area contributed by atoms with Gasteiger partial charge in [0.05, 0.1) is 17.2 Å². The lowest BCUT2D eigenvalue weighted by atomic mass is 9.94. The fourth-order valence-electron chi connectivity index (χ4n) is 5.57. The number of fused-ring (bicyclic) bond motifs is 1. The topological polar surface area (TPSA) is 88.7 Å². The fraction of sp³-hybridized carbons (Fsp3) is 0.344. The number of ether oxygens (including phenoxy) is 1. The first-order chi connectivity index (χ1) is 20.2. The molecule has 2 saturated carbocycles. The van der Waals surface area contributed by atoms with Crippen molar-refractivity contribution in [3.05, 3.63) is 77.2 Å². The van der Waals surface area contributed by atoms with Gasteiger partial charge in [-0.25, -0.2) is 9.78 Å². The maximum absolute atomic E-state index is 13.8. The molecule has 0 atom stereocenters. The minimum absolute atomic E-state index is 0.0197. The van der Waals surface area contributed by atoms with Crippen molar-refractivity contribution in [2.24, 2.45) is 5.92 Å². The predicted octanol–water partition coefficient (Wildman–Crippen LogP) is 7.57. The van der Waals surface area contributed by atoms with Gasteiger partial charge in [-0.15, -0.1) is 0 Å². The number of alkyl halides is 3. The molecule has 7 nitrogen and oxygen atoms in total. The number of rotatable bonds is 8. The molecule has 0 bridgehead atoms. The summed E-state index contributed by atoms with van der Waals surface area (Å²) in [6.45, 7) is 1.44. The third kappa shape index (κ3) is 4.99. The highest BCUT2D eigenvalue weighted by Crippen LogP contribution is 2.46. The lowest BCUT2D eigenvalue weighted by Gasteiger charge is -2.40. The first-order valence-electron chi connectivity index (χ1n) is 14.2. The van der Waals surface area contributed by atoms with Crippen molar-refractivity contribution in [2.75, 3.05) is 18.0 Å². The van der Waals surface area contributed by atoms with Crippen LogP contribution in [0.2, 0.25) is 0 Å². The molecule has 1 aliphatic heterocycles. The highest BCUT2D eigenvalue weighted by molar-refractivity contribution is 5.94. The Kier molecular flexibility index (Phi) is 6.44. The summed E-state index contributed by atoms with van der Waals surface area (Å²) in [5, 5.41) is 14.4. The van der Waals surface area contributed by atoms with Crippen molar-refractivity contribution < 1.29 is 32.3 Å². The van der Waals surface area contributed by atoms with Gasteiger partial charge in [0.1, 0.15) is 17.2 Å². The van der Waals surface area contributed by atoms with E-state index in [2.05, 4.69) is 15.0 Å². The van der Waals surface area contributed by atoms with Gasteiger partial charge < -0.3 is 19.3 Å². The highest BCUT2D eigenvalue weighted by Gasteiger charge is 2.37. The number of aromatic nitrogens is 2. The number of pyridine rings is 1. The van der Waals surface area contributed by atoms with Crippen molar-refractivity contribution in [2.45, 2.75) is 50.3 Å². The maximum Gasteiger partial charge on any atom is 0.417 e. The second kappa shape index (κ2) is 10.2. The standard InChI is InChI=1S/C32H28F3N3O4/c33-32(34,35)25-7-2-1-6-22(25)29-23(30(42-37-29)19-9-10-19)12-8-18-16-38(17-18)20-11-13-26-24(14-20)28(41-21-4-3-5-21)15-27(36-26)31(39)40/h1-2,6-8,11-15,18-19,21H,3-5,9-10,16-17H2,(H,39,40)/b12-8+. The van der Waals surface area contributed by atoms with E-state index in [0.717, 1.165) is 62.3 Å². The normalized spacial score (nSPS) is 17.9. The number of hydrogen-bond donors (Lipinski definition) is 1. The summed E-state index contributed by atoms with van der Waals surface area (Å²) in [5.41, 5.74) is 1.62. The van der Waals surface area contributed by atoms with E-state index in [4.69, 9.17) is 9.26 Å². The lowest BCUT2D eigenvalue weighted by Crippen LogP contribution is -2.45. The van der Waals surface area contributed by atoms with Crippen LogP contribution in [0.3, 0.4) is 0 Å². The summed E-state index contributed by atoms with van der Waals surface area (Å²) in [6.07, 6.45) is 4.35.